The van der Waals surface area contributed by atoms with Crippen molar-refractivity contribution < 1.29 is 0 Å². The highest BCUT2D eigenvalue weighted by molar-refractivity contribution is 7.99. The van der Waals surface area contributed by atoms with E-state index in [1.807, 2.05) is 18.0 Å². The minimum atomic E-state index is 0.570. The number of imidazole rings is 1. The van der Waals surface area contributed by atoms with Crippen LogP contribution < -0.4 is 0 Å². The monoisotopic (exact) mass is 216 g/mol. The van der Waals surface area contributed by atoms with Gasteiger partial charge in [0.15, 0.2) is 5.16 Å². The van der Waals surface area contributed by atoms with E-state index in [9.17, 15) is 0 Å². The maximum atomic E-state index is 4.36. The Kier molecular flexibility index (Phi) is 2.25. The molecule has 0 saturated heterocycles. The van der Waals surface area contributed by atoms with Crippen molar-refractivity contribution in [2.45, 2.75) is 23.4 Å². The molecule has 1 atom stereocenters. The summed E-state index contributed by atoms with van der Waals surface area (Å²) in [6, 6.07) is 10.7. The lowest BCUT2D eigenvalue weighted by Gasteiger charge is -2.22. The third kappa shape index (κ3) is 1.67. The first-order valence-corrected chi connectivity index (χ1v) is 6.04. The van der Waals surface area contributed by atoms with Crippen molar-refractivity contribution in [1.82, 2.24) is 9.55 Å². The van der Waals surface area contributed by atoms with Gasteiger partial charge < -0.3 is 4.57 Å². The van der Waals surface area contributed by atoms with Crippen LogP contribution >= 0.6 is 11.8 Å². The first-order chi connectivity index (χ1) is 7.43. The number of rotatable bonds is 1. The Bertz CT molecular complexity index is 450. The molecule has 0 N–H and O–H groups in total. The van der Waals surface area contributed by atoms with Gasteiger partial charge in [0.05, 0.1) is 0 Å². The van der Waals surface area contributed by atoms with Gasteiger partial charge in [0.1, 0.15) is 0 Å². The van der Waals surface area contributed by atoms with Gasteiger partial charge in [-0.05, 0) is 12.0 Å². The van der Waals surface area contributed by atoms with E-state index in [1.54, 1.807) is 0 Å². The molecule has 1 aliphatic rings. The molecule has 0 radical (unpaired) electrons. The molecule has 0 amide bonds. The Balaban J connectivity index is 1.88. The maximum absolute atomic E-state index is 4.36. The normalized spacial score (nSPS) is 19.9. The second kappa shape index (κ2) is 3.74. The average Bonchev–Trinajstić information content (AvgIpc) is 2.77. The Morgan fingerprint density at radius 2 is 2.13 bits per heavy atom. The van der Waals surface area contributed by atoms with E-state index in [-0.39, 0.29) is 0 Å². The number of hydrogen-bond acceptors (Lipinski definition) is 2. The summed E-state index contributed by atoms with van der Waals surface area (Å²) in [4.78, 5) is 4.36. The van der Waals surface area contributed by atoms with Gasteiger partial charge in [0, 0.05) is 24.2 Å². The van der Waals surface area contributed by atoms with E-state index >= 15 is 0 Å². The van der Waals surface area contributed by atoms with Crippen molar-refractivity contribution in [2.24, 2.45) is 0 Å². The SMILES string of the molecule is c1ccc(C2CCn3ccnc3S2)cc1. The van der Waals surface area contributed by atoms with Gasteiger partial charge in [-0.1, -0.05) is 42.1 Å². The number of aryl methyl sites for hydroxylation is 1. The summed E-state index contributed by atoms with van der Waals surface area (Å²) in [6.45, 7) is 1.09. The van der Waals surface area contributed by atoms with E-state index in [2.05, 4.69) is 46.1 Å². The molecule has 0 bridgehead atoms. The van der Waals surface area contributed by atoms with Gasteiger partial charge in [0.2, 0.25) is 0 Å². The van der Waals surface area contributed by atoms with E-state index in [1.165, 1.54) is 12.0 Å². The van der Waals surface area contributed by atoms with Crippen molar-refractivity contribution in [3.63, 3.8) is 0 Å². The van der Waals surface area contributed by atoms with Crippen molar-refractivity contribution in [3.05, 3.63) is 48.3 Å². The lowest BCUT2D eigenvalue weighted by Crippen LogP contribution is -2.09. The van der Waals surface area contributed by atoms with Crippen LogP contribution in [-0.4, -0.2) is 9.55 Å². The molecule has 2 aromatic rings. The Hall–Kier alpha value is -1.22. The van der Waals surface area contributed by atoms with Gasteiger partial charge in [-0.25, -0.2) is 4.98 Å². The van der Waals surface area contributed by atoms with Gasteiger partial charge in [-0.15, -0.1) is 0 Å². The third-order valence-electron chi connectivity index (χ3n) is 2.73. The van der Waals surface area contributed by atoms with Crippen LogP contribution in [0.15, 0.2) is 47.9 Å². The van der Waals surface area contributed by atoms with Crippen LogP contribution in [0.5, 0.6) is 0 Å². The van der Waals surface area contributed by atoms with E-state index in [0.29, 0.717) is 5.25 Å². The van der Waals surface area contributed by atoms with E-state index in [4.69, 9.17) is 0 Å². The minimum absolute atomic E-state index is 0.570. The fourth-order valence-corrected chi connectivity index (χ4v) is 3.11. The van der Waals surface area contributed by atoms with E-state index in [0.717, 1.165) is 11.7 Å². The molecular formula is C12H12N2S. The summed E-state index contributed by atoms with van der Waals surface area (Å²) >= 11 is 1.87. The molecule has 1 aliphatic heterocycles. The lowest BCUT2D eigenvalue weighted by molar-refractivity contribution is 0.565. The number of benzene rings is 1. The largest absolute Gasteiger partial charge is 0.326 e. The topological polar surface area (TPSA) is 17.8 Å². The molecule has 2 heterocycles. The molecule has 1 aromatic carbocycles. The highest BCUT2D eigenvalue weighted by atomic mass is 32.2. The molecule has 2 nitrogen and oxygen atoms in total. The molecule has 0 aliphatic carbocycles. The van der Waals surface area contributed by atoms with Crippen LogP contribution in [0.3, 0.4) is 0 Å². The van der Waals surface area contributed by atoms with Crippen molar-refractivity contribution >= 4 is 11.8 Å². The second-order valence-corrected chi connectivity index (χ2v) is 4.88. The zero-order valence-corrected chi connectivity index (χ0v) is 9.15. The summed E-state index contributed by atoms with van der Waals surface area (Å²) in [5, 5.41) is 1.72. The number of fused-ring (bicyclic) bond motifs is 1. The highest BCUT2D eigenvalue weighted by Crippen LogP contribution is 2.40. The zero-order valence-electron chi connectivity index (χ0n) is 8.34. The third-order valence-corrected chi connectivity index (χ3v) is 4.07. The van der Waals surface area contributed by atoms with Gasteiger partial charge in [0.25, 0.3) is 0 Å². The van der Waals surface area contributed by atoms with Gasteiger partial charge in [-0.3, -0.25) is 0 Å². The smallest absolute Gasteiger partial charge is 0.168 e. The molecule has 1 aromatic heterocycles. The molecular weight excluding hydrogens is 204 g/mol. The molecule has 15 heavy (non-hydrogen) atoms. The Morgan fingerprint density at radius 1 is 1.27 bits per heavy atom. The standard InChI is InChI=1S/C12H12N2S/c1-2-4-10(5-3-1)11-6-8-14-9-7-13-12(14)15-11/h1-5,7,9,11H,6,8H2. The molecule has 0 fully saturated rings. The molecule has 0 saturated carbocycles. The van der Waals surface area contributed by atoms with Crippen LogP contribution in [0, 0.1) is 0 Å². The van der Waals surface area contributed by atoms with Gasteiger partial charge in [-0.2, -0.15) is 0 Å². The number of aromatic nitrogens is 2. The fourth-order valence-electron chi connectivity index (χ4n) is 1.93. The van der Waals surface area contributed by atoms with Gasteiger partial charge >= 0.3 is 0 Å². The average molecular weight is 216 g/mol. The second-order valence-electron chi connectivity index (χ2n) is 3.71. The molecule has 0 spiro atoms. The number of nitrogens with zero attached hydrogens (tertiary/aromatic N) is 2. The first kappa shape index (κ1) is 9.04. The van der Waals surface area contributed by atoms with Crippen LogP contribution in [0.25, 0.3) is 0 Å². The molecule has 76 valence electrons. The predicted molar refractivity (Wildman–Crippen MR) is 61.9 cm³/mol. The summed E-state index contributed by atoms with van der Waals surface area (Å²) in [7, 11) is 0. The zero-order chi connectivity index (χ0) is 10.1. The summed E-state index contributed by atoms with van der Waals surface area (Å²) in [5.41, 5.74) is 1.41. The summed E-state index contributed by atoms with van der Waals surface area (Å²) in [6.07, 6.45) is 5.14. The molecule has 1 unspecified atom stereocenters. The number of hydrogen-bond donors (Lipinski definition) is 0. The highest BCUT2D eigenvalue weighted by Gasteiger charge is 2.20. The molecule has 3 heteroatoms. The Morgan fingerprint density at radius 3 is 3.00 bits per heavy atom. The van der Waals surface area contributed by atoms with Crippen LogP contribution in [0.2, 0.25) is 0 Å². The minimum Gasteiger partial charge on any atom is -0.326 e. The summed E-state index contributed by atoms with van der Waals surface area (Å²) < 4.78 is 2.23. The van der Waals surface area contributed by atoms with E-state index < -0.39 is 0 Å². The quantitative estimate of drug-likeness (QED) is 0.729. The number of thioether (sulfide) groups is 1. The van der Waals surface area contributed by atoms with Crippen molar-refractivity contribution in [2.75, 3.05) is 0 Å². The van der Waals surface area contributed by atoms with Crippen LogP contribution in [0.4, 0.5) is 0 Å². The molecule has 3 rings (SSSR count). The maximum Gasteiger partial charge on any atom is 0.168 e. The van der Waals surface area contributed by atoms with Crippen molar-refractivity contribution in [1.29, 1.82) is 0 Å². The van der Waals surface area contributed by atoms with Crippen LogP contribution in [-0.2, 0) is 6.54 Å². The van der Waals surface area contributed by atoms with Crippen LogP contribution in [0.1, 0.15) is 17.2 Å². The predicted octanol–water partition coefficient (Wildman–Crippen LogP) is 3.12. The Labute approximate surface area is 93.3 Å². The van der Waals surface area contributed by atoms with Crippen molar-refractivity contribution in [3.8, 4) is 0 Å². The summed E-state index contributed by atoms with van der Waals surface area (Å²) in [5.74, 6) is 0. The first-order valence-electron chi connectivity index (χ1n) is 5.16. The fraction of sp³-hybridized carbons (Fsp3) is 0.250. The lowest BCUT2D eigenvalue weighted by atomic mass is 10.1.